The smallest absolute Gasteiger partial charge is 0.151 e. The van der Waals surface area contributed by atoms with Gasteiger partial charge in [-0.15, -0.1) is 0 Å². The number of allylic oxidation sites excluding steroid dienone is 1. The highest BCUT2D eigenvalue weighted by Crippen LogP contribution is 1.86. The SMILES string of the molecule is C/C=C/N=c1\cccc(C)cn1. The number of aryl methyl sites for hydroxylation is 1. The standard InChI is InChI=1S/C10H12N2/c1-3-7-11-10-6-4-5-9(2)8-12-10/h3-8H,1-2H3/b7-3+,11-10+. The van der Waals surface area contributed by atoms with Gasteiger partial charge < -0.3 is 0 Å². The summed E-state index contributed by atoms with van der Waals surface area (Å²) in [5.41, 5.74) is 1.87. The molecule has 0 N–H and O–H groups in total. The summed E-state index contributed by atoms with van der Waals surface area (Å²) in [7, 11) is 0. The minimum Gasteiger partial charge on any atom is -0.238 e. The second-order valence-corrected chi connectivity index (χ2v) is 2.50. The van der Waals surface area contributed by atoms with Gasteiger partial charge in [-0.25, -0.2) is 9.98 Å². The van der Waals surface area contributed by atoms with E-state index >= 15 is 0 Å². The molecule has 0 amide bonds. The molecule has 1 aromatic rings. The summed E-state index contributed by atoms with van der Waals surface area (Å²) in [6.07, 6.45) is 5.42. The lowest BCUT2D eigenvalue weighted by atomic mass is 10.4. The van der Waals surface area contributed by atoms with Crippen LogP contribution < -0.4 is 5.49 Å². The van der Waals surface area contributed by atoms with E-state index in [1.54, 1.807) is 6.20 Å². The summed E-state index contributed by atoms with van der Waals surface area (Å²) < 4.78 is 0. The lowest BCUT2D eigenvalue weighted by Gasteiger charge is -1.75. The van der Waals surface area contributed by atoms with Crippen LogP contribution >= 0.6 is 0 Å². The molecule has 0 aliphatic heterocycles. The summed E-state index contributed by atoms with van der Waals surface area (Å²) in [6.45, 7) is 3.93. The fourth-order valence-corrected chi connectivity index (χ4v) is 0.767. The van der Waals surface area contributed by atoms with E-state index < -0.39 is 0 Å². The third kappa shape index (κ3) is 2.66. The molecule has 0 saturated carbocycles. The van der Waals surface area contributed by atoms with Crippen molar-refractivity contribution in [2.75, 3.05) is 0 Å². The maximum absolute atomic E-state index is 4.16. The van der Waals surface area contributed by atoms with E-state index in [0.717, 1.165) is 11.1 Å². The van der Waals surface area contributed by atoms with Gasteiger partial charge in [-0.2, -0.15) is 0 Å². The Labute approximate surface area is 72.3 Å². The fraction of sp³-hybridized carbons (Fsp3) is 0.200. The molecule has 1 heterocycles. The number of rotatable bonds is 1. The third-order valence-corrected chi connectivity index (χ3v) is 1.36. The van der Waals surface area contributed by atoms with Gasteiger partial charge in [0.05, 0.1) is 0 Å². The second-order valence-electron chi connectivity index (χ2n) is 2.50. The largest absolute Gasteiger partial charge is 0.238 e. The normalized spacial score (nSPS) is 12.3. The lowest BCUT2D eigenvalue weighted by molar-refractivity contribution is 1.15. The molecule has 0 aliphatic rings. The van der Waals surface area contributed by atoms with E-state index in [1.807, 2.05) is 44.3 Å². The van der Waals surface area contributed by atoms with Crippen molar-refractivity contribution in [3.8, 4) is 0 Å². The second kappa shape index (κ2) is 4.44. The molecule has 2 heteroatoms. The zero-order valence-electron chi connectivity index (χ0n) is 7.36. The first-order valence-electron chi connectivity index (χ1n) is 3.91. The molecule has 0 atom stereocenters. The van der Waals surface area contributed by atoms with Crippen LogP contribution in [0.1, 0.15) is 12.5 Å². The molecule has 12 heavy (non-hydrogen) atoms. The summed E-state index contributed by atoms with van der Waals surface area (Å²) in [5.74, 6) is 0. The average Bonchev–Trinajstić information content (AvgIpc) is 2.27. The van der Waals surface area contributed by atoms with E-state index in [0.29, 0.717) is 0 Å². The van der Waals surface area contributed by atoms with Gasteiger partial charge in [0, 0.05) is 12.4 Å². The van der Waals surface area contributed by atoms with Gasteiger partial charge in [0.1, 0.15) is 0 Å². The molecule has 0 radical (unpaired) electrons. The Morgan fingerprint density at radius 2 is 2.25 bits per heavy atom. The lowest BCUT2D eigenvalue weighted by Crippen LogP contribution is -2.00. The van der Waals surface area contributed by atoms with E-state index in [1.165, 1.54) is 0 Å². The van der Waals surface area contributed by atoms with Gasteiger partial charge in [0.15, 0.2) is 5.49 Å². The minimum absolute atomic E-state index is 0.737. The summed E-state index contributed by atoms with van der Waals surface area (Å²) in [6, 6.07) is 5.83. The van der Waals surface area contributed by atoms with Gasteiger partial charge in [0.25, 0.3) is 0 Å². The van der Waals surface area contributed by atoms with Crippen molar-refractivity contribution >= 4 is 0 Å². The highest BCUT2D eigenvalue weighted by atomic mass is 14.8. The Morgan fingerprint density at radius 3 is 3.00 bits per heavy atom. The van der Waals surface area contributed by atoms with Crippen LogP contribution in [0.5, 0.6) is 0 Å². The molecule has 1 rings (SSSR count). The molecule has 0 aromatic carbocycles. The van der Waals surface area contributed by atoms with Crippen LogP contribution in [0, 0.1) is 6.92 Å². The Kier molecular flexibility index (Phi) is 3.20. The molecule has 0 spiro atoms. The molecule has 0 saturated heterocycles. The Balaban J connectivity index is 3.13. The predicted molar refractivity (Wildman–Crippen MR) is 49.4 cm³/mol. The Hall–Kier alpha value is -1.44. The monoisotopic (exact) mass is 160 g/mol. The van der Waals surface area contributed by atoms with Crippen LogP contribution in [0.3, 0.4) is 0 Å². The fourth-order valence-electron chi connectivity index (χ4n) is 0.767. The number of aromatic nitrogens is 1. The van der Waals surface area contributed by atoms with E-state index in [9.17, 15) is 0 Å². The molecule has 0 unspecified atom stereocenters. The minimum atomic E-state index is 0.737. The summed E-state index contributed by atoms with van der Waals surface area (Å²) in [5, 5.41) is 0. The highest BCUT2D eigenvalue weighted by Gasteiger charge is 1.78. The highest BCUT2D eigenvalue weighted by molar-refractivity contribution is 5.05. The van der Waals surface area contributed by atoms with Crippen LogP contribution in [0.2, 0.25) is 0 Å². The van der Waals surface area contributed by atoms with Gasteiger partial charge >= 0.3 is 0 Å². The van der Waals surface area contributed by atoms with Crippen LogP contribution in [0.4, 0.5) is 0 Å². The van der Waals surface area contributed by atoms with Gasteiger partial charge in [-0.05, 0) is 25.5 Å². The molecule has 2 nitrogen and oxygen atoms in total. The van der Waals surface area contributed by atoms with E-state index in [2.05, 4.69) is 9.98 Å². The number of hydrogen-bond acceptors (Lipinski definition) is 2. The van der Waals surface area contributed by atoms with Crippen molar-refractivity contribution in [3.63, 3.8) is 0 Å². The predicted octanol–water partition coefficient (Wildman–Crippen LogP) is 1.82. The zero-order valence-corrected chi connectivity index (χ0v) is 7.36. The van der Waals surface area contributed by atoms with Gasteiger partial charge in [0.2, 0.25) is 0 Å². The first-order valence-corrected chi connectivity index (χ1v) is 3.91. The van der Waals surface area contributed by atoms with Crippen LogP contribution in [0.25, 0.3) is 0 Å². The van der Waals surface area contributed by atoms with Gasteiger partial charge in [-0.1, -0.05) is 18.2 Å². The molecule has 62 valence electrons. The van der Waals surface area contributed by atoms with Crippen LogP contribution in [0.15, 0.2) is 41.7 Å². The van der Waals surface area contributed by atoms with E-state index in [-0.39, 0.29) is 0 Å². The molecule has 0 fully saturated rings. The first kappa shape index (κ1) is 8.65. The number of nitrogens with zero attached hydrogens (tertiary/aromatic N) is 2. The van der Waals surface area contributed by atoms with Crippen molar-refractivity contribution in [1.29, 1.82) is 0 Å². The van der Waals surface area contributed by atoms with Gasteiger partial charge in [-0.3, -0.25) is 0 Å². The van der Waals surface area contributed by atoms with Crippen molar-refractivity contribution in [3.05, 3.63) is 47.7 Å². The van der Waals surface area contributed by atoms with Crippen molar-refractivity contribution in [1.82, 2.24) is 4.98 Å². The van der Waals surface area contributed by atoms with Crippen molar-refractivity contribution < 1.29 is 0 Å². The Morgan fingerprint density at radius 1 is 1.42 bits per heavy atom. The maximum Gasteiger partial charge on any atom is 0.151 e. The average molecular weight is 160 g/mol. The van der Waals surface area contributed by atoms with Crippen molar-refractivity contribution in [2.45, 2.75) is 13.8 Å². The van der Waals surface area contributed by atoms with E-state index in [4.69, 9.17) is 0 Å². The molecular formula is C10H12N2. The third-order valence-electron chi connectivity index (χ3n) is 1.36. The summed E-state index contributed by atoms with van der Waals surface area (Å²) in [4.78, 5) is 8.27. The molecule has 0 bridgehead atoms. The van der Waals surface area contributed by atoms with Crippen molar-refractivity contribution in [2.24, 2.45) is 4.99 Å². The zero-order chi connectivity index (χ0) is 8.81. The molecular weight excluding hydrogens is 148 g/mol. The van der Waals surface area contributed by atoms with Crippen LogP contribution in [-0.4, -0.2) is 4.98 Å². The Bertz CT molecular complexity index is 340. The van der Waals surface area contributed by atoms with Crippen LogP contribution in [-0.2, 0) is 0 Å². The molecule has 1 aromatic heterocycles. The number of hydrogen-bond donors (Lipinski definition) is 0. The summed E-state index contributed by atoms with van der Waals surface area (Å²) >= 11 is 0. The topological polar surface area (TPSA) is 25.2 Å². The molecule has 0 aliphatic carbocycles. The quantitative estimate of drug-likeness (QED) is 0.615. The maximum atomic E-state index is 4.16. The first-order chi connectivity index (χ1) is 5.83.